The number of aliphatic hydroxyl groups excluding tert-OH is 2. The van der Waals surface area contributed by atoms with Crippen LogP contribution in [0.25, 0.3) is 0 Å². The summed E-state index contributed by atoms with van der Waals surface area (Å²) in [6, 6.07) is -0.392. The minimum Gasteiger partial charge on any atom is -0.389 e. The molecular formula is C6H13FN2O2. The summed E-state index contributed by atoms with van der Waals surface area (Å²) < 4.78 is 12.6. The summed E-state index contributed by atoms with van der Waals surface area (Å²) in [5, 5.41) is 20.9. The largest absolute Gasteiger partial charge is 0.389 e. The summed E-state index contributed by atoms with van der Waals surface area (Å²) in [7, 11) is 0. The zero-order valence-corrected chi connectivity index (χ0v) is 6.07. The van der Waals surface area contributed by atoms with Crippen LogP contribution in [0.1, 0.15) is 0 Å². The second-order valence-corrected chi connectivity index (χ2v) is 2.75. The van der Waals surface area contributed by atoms with Crippen molar-refractivity contribution in [3.63, 3.8) is 0 Å². The first-order valence-corrected chi connectivity index (χ1v) is 3.60. The maximum absolute atomic E-state index is 12.6. The van der Waals surface area contributed by atoms with E-state index in [1.165, 1.54) is 0 Å². The van der Waals surface area contributed by atoms with Crippen molar-refractivity contribution in [2.45, 2.75) is 24.4 Å². The predicted molar refractivity (Wildman–Crippen MR) is 37.8 cm³/mol. The summed E-state index contributed by atoms with van der Waals surface area (Å²) in [6.45, 7) is 0.255. The molecule has 1 heterocycles. The van der Waals surface area contributed by atoms with Gasteiger partial charge in [0.1, 0.15) is 12.3 Å². The van der Waals surface area contributed by atoms with Crippen LogP contribution in [0.15, 0.2) is 0 Å². The summed E-state index contributed by atoms with van der Waals surface area (Å²) >= 11 is 0. The highest BCUT2D eigenvalue weighted by Crippen LogP contribution is 2.12. The minimum atomic E-state index is -1.40. The van der Waals surface area contributed by atoms with Crippen LogP contribution in [0.3, 0.4) is 0 Å². The first kappa shape index (κ1) is 8.86. The molecule has 0 bridgehead atoms. The number of hydrogen-bond donors (Lipinski definition) is 4. The molecule has 4 nitrogen and oxygen atoms in total. The fourth-order valence-electron chi connectivity index (χ4n) is 1.18. The number of piperidine rings is 1. The number of rotatable bonds is 1. The van der Waals surface area contributed by atoms with Crippen molar-refractivity contribution in [2.24, 2.45) is 5.73 Å². The van der Waals surface area contributed by atoms with Gasteiger partial charge in [0.15, 0.2) is 0 Å². The van der Waals surface area contributed by atoms with E-state index in [-0.39, 0.29) is 13.1 Å². The average Bonchev–Trinajstić information content (AvgIpc) is 2.01. The molecule has 0 amide bonds. The van der Waals surface area contributed by atoms with Crippen LogP contribution in [0, 0.1) is 0 Å². The van der Waals surface area contributed by atoms with Crippen molar-refractivity contribution >= 4 is 0 Å². The van der Waals surface area contributed by atoms with Crippen LogP contribution in [0.4, 0.5) is 4.39 Å². The van der Waals surface area contributed by atoms with Crippen LogP contribution >= 0.6 is 0 Å². The van der Waals surface area contributed by atoms with E-state index in [0.717, 1.165) is 0 Å². The van der Waals surface area contributed by atoms with Gasteiger partial charge in [-0.15, -0.1) is 0 Å². The Hall–Kier alpha value is -0.230. The number of nitrogens with one attached hydrogen (secondary N) is 1. The lowest BCUT2D eigenvalue weighted by Crippen LogP contribution is -2.60. The van der Waals surface area contributed by atoms with Gasteiger partial charge in [0.05, 0.1) is 6.10 Å². The highest BCUT2D eigenvalue weighted by molar-refractivity contribution is 4.92. The molecule has 1 aliphatic rings. The Kier molecular flexibility index (Phi) is 2.78. The number of aliphatic hydroxyl groups is 2. The highest BCUT2D eigenvalue weighted by atomic mass is 19.1. The quantitative estimate of drug-likeness (QED) is 0.360. The van der Waals surface area contributed by atoms with E-state index in [2.05, 4.69) is 5.32 Å². The third-order valence-corrected chi connectivity index (χ3v) is 1.96. The number of halogens is 1. The number of alkyl halides is 1. The fraction of sp³-hybridized carbons (Fsp3) is 1.00. The molecule has 0 aromatic heterocycles. The highest BCUT2D eigenvalue weighted by Gasteiger charge is 2.36. The lowest BCUT2D eigenvalue weighted by molar-refractivity contribution is -0.0659. The molecule has 1 rings (SSSR count). The molecule has 0 unspecified atom stereocenters. The average molecular weight is 164 g/mol. The topological polar surface area (TPSA) is 78.5 Å². The van der Waals surface area contributed by atoms with Crippen LogP contribution < -0.4 is 11.1 Å². The maximum Gasteiger partial charge on any atom is 0.141 e. The molecule has 1 fully saturated rings. The molecule has 0 aromatic carbocycles. The van der Waals surface area contributed by atoms with Gasteiger partial charge in [-0.3, -0.25) is 0 Å². The Balaban J connectivity index is 2.52. The lowest BCUT2D eigenvalue weighted by Gasteiger charge is -2.34. The summed E-state index contributed by atoms with van der Waals surface area (Å²) in [5.74, 6) is 0. The van der Waals surface area contributed by atoms with Gasteiger partial charge < -0.3 is 21.3 Å². The molecule has 0 radical (unpaired) electrons. The fourth-order valence-corrected chi connectivity index (χ4v) is 1.18. The Morgan fingerprint density at radius 2 is 2.09 bits per heavy atom. The molecule has 11 heavy (non-hydrogen) atoms. The zero-order chi connectivity index (χ0) is 8.43. The molecule has 0 aromatic rings. The van der Waals surface area contributed by atoms with Crippen molar-refractivity contribution in [3.05, 3.63) is 0 Å². The van der Waals surface area contributed by atoms with E-state index in [1.807, 2.05) is 0 Å². The Labute approximate surface area is 64.2 Å². The van der Waals surface area contributed by atoms with E-state index in [4.69, 9.17) is 10.8 Å². The van der Waals surface area contributed by atoms with E-state index in [1.54, 1.807) is 0 Å². The van der Waals surface area contributed by atoms with Crippen molar-refractivity contribution in [2.75, 3.05) is 13.1 Å². The normalized spacial score (nSPS) is 45.8. The first-order chi connectivity index (χ1) is 5.16. The molecule has 0 saturated carbocycles. The van der Waals surface area contributed by atoms with Gasteiger partial charge in [-0.1, -0.05) is 0 Å². The van der Waals surface area contributed by atoms with Crippen LogP contribution in [-0.4, -0.2) is 47.7 Å². The van der Waals surface area contributed by atoms with Crippen LogP contribution in [0.2, 0.25) is 0 Å². The van der Waals surface area contributed by atoms with Gasteiger partial charge in [0.25, 0.3) is 0 Å². The van der Waals surface area contributed by atoms with Crippen molar-refractivity contribution < 1.29 is 14.6 Å². The molecule has 1 aliphatic heterocycles. The van der Waals surface area contributed by atoms with Gasteiger partial charge in [-0.25, -0.2) is 4.39 Å². The smallest absolute Gasteiger partial charge is 0.141 e. The van der Waals surface area contributed by atoms with Gasteiger partial charge in [0, 0.05) is 19.1 Å². The third-order valence-electron chi connectivity index (χ3n) is 1.96. The van der Waals surface area contributed by atoms with Gasteiger partial charge in [-0.05, 0) is 0 Å². The molecule has 1 saturated heterocycles. The van der Waals surface area contributed by atoms with Crippen molar-refractivity contribution in [1.29, 1.82) is 0 Å². The first-order valence-electron chi connectivity index (χ1n) is 3.60. The standard InChI is InChI=1S/C6H13FN2O2/c7-3-2-9-4(1-8)6(11)5(3)10/h3-6,9-11H,1-2,8H2/t3-,4+,5+,6+/m0/s1. The van der Waals surface area contributed by atoms with Crippen molar-refractivity contribution in [1.82, 2.24) is 5.32 Å². The molecule has 0 spiro atoms. The Morgan fingerprint density at radius 1 is 1.45 bits per heavy atom. The summed E-state index contributed by atoms with van der Waals surface area (Å²) in [6.07, 6.45) is -3.79. The SMILES string of the molecule is NC[C@H]1NC[C@H](F)[C@@H](O)[C@@H]1O. The monoisotopic (exact) mass is 164 g/mol. The predicted octanol–water partition coefficient (Wildman–Crippen LogP) is -2.02. The Bertz CT molecular complexity index is 134. The van der Waals surface area contributed by atoms with Gasteiger partial charge in [0.2, 0.25) is 0 Å². The van der Waals surface area contributed by atoms with E-state index < -0.39 is 24.4 Å². The van der Waals surface area contributed by atoms with Crippen LogP contribution in [0.5, 0.6) is 0 Å². The van der Waals surface area contributed by atoms with Crippen molar-refractivity contribution in [3.8, 4) is 0 Å². The lowest BCUT2D eigenvalue weighted by atomic mass is 9.97. The molecule has 4 atom stereocenters. The second-order valence-electron chi connectivity index (χ2n) is 2.75. The molecule has 5 N–H and O–H groups in total. The molecule has 5 heteroatoms. The molecule has 66 valence electrons. The van der Waals surface area contributed by atoms with E-state index >= 15 is 0 Å². The Morgan fingerprint density at radius 3 is 2.64 bits per heavy atom. The summed E-state index contributed by atoms with van der Waals surface area (Å²) in [4.78, 5) is 0. The molecule has 0 aliphatic carbocycles. The second kappa shape index (κ2) is 3.44. The van der Waals surface area contributed by atoms with Gasteiger partial charge >= 0.3 is 0 Å². The number of nitrogens with two attached hydrogens (primary N) is 1. The third kappa shape index (κ3) is 1.67. The minimum absolute atomic E-state index is 0.0556. The van der Waals surface area contributed by atoms with Gasteiger partial charge in [-0.2, -0.15) is 0 Å². The summed E-state index contributed by atoms with van der Waals surface area (Å²) in [5.41, 5.74) is 5.25. The molecular weight excluding hydrogens is 151 g/mol. The van der Waals surface area contributed by atoms with E-state index in [0.29, 0.717) is 0 Å². The zero-order valence-electron chi connectivity index (χ0n) is 6.07. The number of hydrogen-bond acceptors (Lipinski definition) is 4. The van der Waals surface area contributed by atoms with E-state index in [9.17, 15) is 9.50 Å². The van der Waals surface area contributed by atoms with Crippen LogP contribution in [-0.2, 0) is 0 Å². The maximum atomic E-state index is 12.6.